The van der Waals surface area contributed by atoms with Crippen LogP contribution in [-0.4, -0.2) is 22.9 Å². The van der Waals surface area contributed by atoms with Crippen molar-refractivity contribution in [2.24, 2.45) is 0 Å². The molecule has 0 saturated heterocycles. The van der Waals surface area contributed by atoms with Crippen LogP contribution in [0.5, 0.6) is 0 Å². The number of allylic oxidation sites excluding steroid dienone is 1. The highest BCUT2D eigenvalue weighted by Crippen LogP contribution is 2.22. The van der Waals surface area contributed by atoms with Gasteiger partial charge in [-0.25, -0.2) is 9.48 Å². The number of ether oxygens (including phenoxy) is 1. The average molecular weight is 357 g/mol. The number of hydrogen-bond donors (Lipinski definition) is 0. The highest BCUT2D eigenvalue weighted by atomic mass is 16.5. The van der Waals surface area contributed by atoms with E-state index in [1.807, 2.05) is 49.5 Å². The minimum atomic E-state index is -0.414. The molecule has 0 atom stereocenters. The quantitative estimate of drug-likeness (QED) is 0.509. The van der Waals surface area contributed by atoms with Crippen molar-refractivity contribution in [1.29, 1.82) is 5.26 Å². The molecule has 0 bridgehead atoms. The summed E-state index contributed by atoms with van der Waals surface area (Å²) < 4.78 is 6.70. The van der Waals surface area contributed by atoms with Crippen molar-refractivity contribution in [3.8, 4) is 11.8 Å². The van der Waals surface area contributed by atoms with Gasteiger partial charge >= 0.3 is 5.97 Å². The molecular formula is C22H19N3O2. The summed E-state index contributed by atoms with van der Waals surface area (Å²) in [4.78, 5) is 12.1. The minimum Gasteiger partial charge on any atom is -0.465 e. The Labute approximate surface area is 158 Å². The molecule has 27 heavy (non-hydrogen) atoms. The van der Waals surface area contributed by atoms with Crippen molar-refractivity contribution in [2.75, 3.05) is 7.11 Å². The summed E-state index contributed by atoms with van der Waals surface area (Å²) in [5, 5.41) is 13.0. The lowest BCUT2D eigenvalue weighted by atomic mass is 9.94. The lowest BCUT2D eigenvalue weighted by Crippen LogP contribution is -2.06. The van der Waals surface area contributed by atoms with E-state index in [1.165, 1.54) is 13.2 Å². The molecule has 0 saturated carbocycles. The number of aryl methyl sites for hydroxylation is 1. The number of benzene rings is 2. The lowest BCUT2D eigenvalue weighted by Gasteiger charge is -2.12. The van der Waals surface area contributed by atoms with Crippen LogP contribution in [0.1, 0.15) is 32.6 Å². The van der Waals surface area contributed by atoms with Gasteiger partial charge in [0.15, 0.2) is 0 Å². The van der Waals surface area contributed by atoms with Crippen LogP contribution in [0.2, 0.25) is 0 Å². The van der Waals surface area contributed by atoms with Crippen LogP contribution in [-0.2, 0) is 11.2 Å². The Hall–Kier alpha value is -3.65. The van der Waals surface area contributed by atoms with Gasteiger partial charge in [-0.2, -0.15) is 10.4 Å². The van der Waals surface area contributed by atoms with Gasteiger partial charge in [0.1, 0.15) is 0 Å². The van der Waals surface area contributed by atoms with Crippen molar-refractivity contribution >= 4 is 12.0 Å². The Kier molecular flexibility index (Phi) is 5.48. The second-order valence-electron chi connectivity index (χ2n) is 6.11. The number of hydrogen-bond acceptors (Lipinski definition) is 4. The number of carbonyl (C=O) groups excluding carboxylic acids is 1. The molecule has 3 aromatic rings. The zero-order valence-corrected chi connectivity index (χ0v) is 15.2. The van der Waals surface area contributed by atoms with Crippen LogP contribution in [0.25, 0.3) is 11.8 Å². The van der Waals surface area contributed by atoms with Gasteiger partial charge in [0.2, 0.25) is 0 Å². The molecule has 0 fully saturated rings. The zero-order valence-electron chi connectivity index (χ0n) is 15.2. The number of nitrogens with zero attached hydrogens (tertiary/aromatic N) is 3. The molecule has 1 heterocycles. The van der Waals surface area contributed by atoms with Gasteiger partial charge in [0, 0.05) is 18.5 Å². The molecule has 3 rings (SSSR count). The van der Waals surface area contributed by atoms with E-state index in [0.29, 0.717) is 17.5 Å². The summed E-state index contributed by atoms with van der Waals surface area (Å²) in [5.74, 6) is -0.414. The van der Waals surface area contributed by atoms with Gasteiger partial charge in [0.25, 0.3) is 0 Å². The third-order valence-electron chi connectivity index (χ3n) is 4.35. The average Bonchev–Trinajstić information content (AvgIpc) is 3.22. The molecule has 0 unspecified atom stereocenters. The summed E-state index contributed by atoms with van der Waals surface area (Å²) >= 11 is 0. The van der Waals surface area contributed by atoms with Crippen molar-refractivity contribution in [3.63, 3.8) is 0 Å². The number of rotatable bonds is 5. The number of aromatic nitrogens is 2. The van der Waals surface area contributed by atoms with E-state index in [1.54, 1.807) is 17.0 Å². The smallest absolute Gasteiger partial charge is 0.338 e. The van der Waals surface area contributed by atoms with Crippen LogP contribution in [0.4, 0.5) is 0 Å². The molecule has 0 aliphatic carbocycles. The maximum Gasteiger partial charge on any atom is 0.338 e. The lowest BCUT2D eigenvalue weighted by molar-refractivity contribution is 0.0600. The molecule has 5 heteroatoms. The zero-order chi connectivity index (χ0) is 19.2. The largest absolute Gasteiger partial charge is 0.465 e. The van der Waals surface area contributed by atoms with Crippen LogP contribution < -0.4 is 0 Å². The summed E-state index contributed by atoms with van der Waals surface area (Å²) in [7, 11) is 1.35. The first-order chi connectivity index (χ1) is 13.1. The summed E-state index contributed by atoms with van der Waals surface area (Å²) in [6.07, 6.45) is 7.32. The first-order valence-corrected chi connectivity index (χ1v) is 8.49. The van der Waals surface area contributed by atoms with Crippen molar-refractivity contribution < 1.29 is 9.53 Å². The Morgan fingerprint density at radius 3 is 2.70 bits per heavy atom. The summed E-state index contributed by atoms with van der Waals surface area (Å²) in [6, 6.07) is 15.7. The first kappa shape index (κ1) is 18.2. The normalized spacial score (nSPS) is 10.7. The van der Waals surface area contributed by atoms with E-state index in [2.05, 4.69) is 17.2 Å². The predicted molar refractivity (Wildman–Crippen MR) is 104 cm³/mol. The fraction of sp³-hybridized carbons (Fsp3) is 0.136. The van der Waals surface area contributed by atoms with E-state index in [-0.39, 0.29) is 0 Å². The van der Waals surface area contributed by atoms with E-state index >= 15 is 0 Å². The monoisotopic (exact) mass is 357 g/mol. The van der Waals surface area contributed by atoms with Crippen molar-refractivity contribution in [1.82, 2.24) is 9.78 Å². The number of nitriles is 1. The van der Waals surface area contributed by atoms with Crippen LogP contribution >= 0.6 is 0 Å². The fourth-order valence-electron chi connectivity index (χ4n) is 2.93. The van der Waals surface area contributed by atoms with Crippen LogP contribution in [0, 0.1) is 18.3 Å². The van der Waals surface area contributed by atoms with E-state index in [4.69, 9.17) is 10.00 Å². The molecule has 2 aromatic carbocycles. The maximum absolute atomic E-state index is 12.1. The highest BCUT2D eigenvalue weighted by molar-refractivity contribution is 5.94. The maximum atomic E-state index is 12.1. The topological polar surface area (TPSA) is 67.9 Å². The molecule has 0 N–H and O–H groups in total. The molecule has 0 aliphatic heterocycles. The van der Waals surface area contributed by atoms with Gasteiger partial charge in [0.05, 0.1) is 24.4 Å². The third kappa shape index (κ3) is 4.13. The number of carbonyl (C=O) groups is 1. The Balaban J connectivity index is 1.91. The minimum absolute atomic E-state index is 0.414. The fourth-order valence-corrected chi connectivity index (χ4v) is 2.93. The van der Waals surface area contributed by atoms with E-state index in [9.17, 15) is 4.79 Å². The second kappa shape index (κ2) is 8.15. The van der Waals surface area contributed by atoms with Gasteiger partial charge in [-0.3, -0.25) is 0 Å². The van der Waals surface area contributed by atoms with Gasteiger partial charge in [-0.1, -0.05) is 18.2 Å². The Bertz CT molecular complexity index is 1010. The standard InChI is InChI=1S/C22H19N3O2/c1-16-13-18(5-3-10-23)21(22(26)27-2)15-19(16)14-17-6-8-20(9-7-17)25-12-4-11-24-25/h3-9,11-13,15H,14H2,1-2H3/b5-3+. The summed E-state index contributed by atoms with van der Waals surface area (Å²) in [6.45, 7) is 2.00. The number of methoxy groups -OCH3 is 1. The molecule has 1 aromatic heterocycles. The SMILES string of the molecule is COC(=O)c1cc(Cc2ccc(-n3cccn3)cc2)c(C)cc1/C=C/C#N. The van der Waals surface area contributed by atoms with Gasteiger partial charge < -0.3 is 4.74 Å². The number of esters is 1. The predicted octanol–water partition coefficient (Wildman–Crippen LogP) is 4.09. The van der Waals surface area contributed by atoms with Crippen molar-refractivity contribution in [2.45, 2.75) is 13.3 Å². The third-order valence-corrected chi connectivity index (χ3v) is 4.35. The van der Waals surface area contributed by atoms with Gasteiger partial charge in [-0.15, -0.1) is 0 Å². The Morgan fingerprint density at radius 1 is 1.30 bits per heavy atom. The van der Waals surface area contributed by atoms with E-state index < -0.39 is 5.97 Å². The van der Waals surface area contributed by atoms with Crippen LogP contribution in [0.3, 0.4) is 0 Å². The molecule has 5 nitrogen and oxygen atoms in total. The first-order valence-electron chi connectivity index (χ1n) is 8.49. The molecule has 0 spiro atoms. The van der Waals surface area contributed by atoms with Gasteiger partial charge in [-0.05, 0) is 65.9 Å². The second-order valence-corrected chi connectivity index (χ2v) is 6.11. The molecule has 0 radical (unpaired) electrons. The molecule has 134 valence electrons. The van der Waals surface area contributed by atoms with Crippen molar-refractivity contribution in [3.05, 3.63) is 88.8 Å². The molecule has 0 amide bonds. The van der Waals surface area contributed by atoms with E-state index in [0.717, 1.165) is 22.4 Å². The Morgan fingerprint density at radius 2 is 2.07 bits per heavy atom. The molecule has 0 aliphatic rings. The van der Waals surface area contributed by atoms with Crippen LogP contribution in [0.15, 0.2) is 60.9 Å². The molecular weight excluding hydrogens is 338 g/mol. The summed E-state index contributed by atoms with van der Waals surface area (Å²) in [5.41, 5.74) is 5.35. The highest BCUT2D eigenvalue weighted by Gasteiger charge is 2.14.